The Labute approximate surface area is 108 Å². The van der Waals surface area contributed by atoms with Crippen LogP contribution in [-0.4, -0.2) is 23.5 Å². The van der Waals surface area contributed by atoms with Gasteiger partial charge in [0.05, 0.1) is 6.07 Å². The monoisotopic (exact) mass is 248 g/mol. The molecule has 1 fully saturated rings. The average Bonchev–Trinajstić information content (AvgIpc) is 2.68. The Morgan fingerprint density at radius 3 is 2.59 bits per heavy atom. The summed E-state index contributed by atoms with van der Waals surface area (Å²) in [5.74, 6) is 0. The second-order valence-corrected chi connectivity index (χ2v) is 5.88. The summed E-state index contributed by atoms with van der Waals surface area (Å²) in [5.41, 5.74) is 0.967. The van der Waals surface area contributed by atoms with Gasteiger partial charge in [-0.05, 0) is 55.2 Å². The van der Waals surface area contributed by atoms with Crippen molar-refractivity contribution in [2.75, 3.05) is 13.1 Å². The first-order valence-electron chi connectivity index (χ1n) is 6.42. The largest absolute Gasteiger partial charge is 0.285 e. The number of thiophene rings is 1. The Bertz CT molecular complexity index is 371. The van der Waals surface area contributed by atoms with Crippen molar-refractivity contribution < 1.29 is 0 Å². The average molecular weight is 248 g/mol. The lowest BCUT2D eigenvalue weighted by Crippen LogP contribution is -2.47. The van der Waals surface area contributed by atoms with E-state index in [2.05, 4.69) is 34.7 Å². The summed E-state index contributed by atoms with van der Waals surface area (Å²) in [6.45, 7) is 4.25. The highest BCUT2D eigenvalue weighted by Crippen LogP contribution is 2.24. The maximum Gasteiger partial charge on any atom is 0.110 e. The van der Waals surface area contributed by atoms with Gasteiger partial charge < -0.3 is 0 Å². The molecule has 2 nitrogen and oxygen atoms in total. The van der Waals surface area contributed by atoms with Crippen LogP contribution in [0.2, 0.25) is 0 Å². The third-order valence-corrected chi connectivity index (χ3v) is 4.41. The summed E-state index contributed by atoms with van der Waals surface area (Å²) < 4.78 is 0. The van der Waals surface area contributed by atoms with E-state index in [1.54, 1.807) is 11.3 Å². The number of rotatable bonds is 3. The van der Waals surface area contributed by atoms with Gasteiger partial charge in [-0.3, -0.25) is 4.90 Å². The Balaban J connectivity index is 2.09. The molecule has 1 aromatic rings. The molecule has 0 amide bonds. The van der Waals surface area contributed by atoms with E-state index in [9.17, 15) is 5.26 Å². The zero-order chi connectivity index (χ0) is 12.1. The predicted octanol–water partition coefficient (Wildman–Crippen LogP) is 3.45. The summed E-state index contributed by atoms with van der Waals surface area (Å²) in [6.07, 6.45) is 5.96. The lowest BCUT2D eigenvalue weighted by Gasteiger charge is -2.35. The Morgan fingerprint density at radius 1 is 1.35 bits per heavy atom. The number of nitriles is 1. The van der Waals surface area contributed by atoms with Crippen LogP contribution in [0.15, 0.2) is 16.8 Å². The van der Waals surface area contributed by atoms with Gasteiger partial charge >= 0.3 is 0 Å². The molecule has 0 spiro atoms. The third-order valence-electron chi connectivity index (χ3n) is 3.67. The third kappa shape index (κ3) is 3.08. The molecule has 0 radical (unpaired) electrons. The summed E-state index contributed by atoms with van der Waals surface area (Å²) in [5, 5.41) is 13.8. The molecule has 0 bridgehead atoms. The first kappa shape index (κ1) is 12.6. The smallest absolute Gasteiger partial charge is 0.110 e. The lowest BCUT2D eigenvalue weighted by molar-refractivity contribution is 0.157. The van der Waals surface area contributed by atoms with Crippen LogP contribution in [0.4, 0.5) is 0 Å². The van der Waals surface area contributed by atoms with Gasteiger partial charge in [0.2, 0.25) is 0 Å². The normalized spacial score (nSPS) is 21.4. The summed E-state index contributed by atoms with van der Waals surface area (Å²) in [6, 6.07) is 4.68. The van der Waals surface area contributed by atoms with Gasteiger partial charge in [0.15, 0.2) is 0 Å². The quantitative estimate of drug-likeness (QED) is 0.819. The fourth-order valence-corrected chi connectivity index (χ4v) is 3.25. The molecule has 2 heterocycles. The van der Waals surface area contributed by atoms with Crippen LogP contribution < -0.4 is 0 Å². The van der Waals surface area contributed by atoms with Gasteiger partial charge in [-0.2, -0.15) is 16.6 Å². The van der Waals surface area contributed by atoms with Crippen molar-refractivity contribution in [3.63, 3.8) is 0 Å². The Hall–Kier alpha value is -0.850. The van der Waals surface area contributed by atoms with Crippen molar-refractivity contribution in [2.45, 2.75) is 44.6 Å². The highest BCUT2D eigenvalue weighted by Gasteiger charge is 2.32. The number of likely N-dealkylation sites (tertiary alicyclic amines) is 1. The maximum atomic E-state index is 9.54. The molecular weight excluding hydrogens is 228 g/mol. The molecule has 1 aromatic heterocycles. The lowest BCUT2D eigenvalue weighted by atomic mass is 9.93. The van der Waals surface area contributed by atoms with Crippen molar-refractivity contribution in [2.24, 2.45) is 0 Å². The fraction of sp³-hybridized carbons (Fsp3) is 0.643. The van der Waals surface area contributed by atoms with Crippen LogP contribution in [0.25, 0.3) is 0 Å². The summed E-state index contributed by atoms with van der Waals surface area (Å²) >= 11 is 1.71. The molecule has 1 aliphatic rings. The topological polar surface area (TPSA) is 27.0 Å². The molecule has 2 rings (SSSR count). The van der Waals surface area contributed by atoms with Gasteiger partial charge in [0.25, 0.3) is 0 Å². The van der Waals surface area contributed by atoms with E-state index in [1.165, 1.54) is 31.2 Å². The first-order chi connectivity index (χ1) is 8.24. The Kier molecular flexibility index (Phi) is 4.20. The van der Waals surface area contributed by atoms with E-state index >= 15 is 0 Å². The van der Waals surface area contributed by atoms with Crippen LogP contribution in [-0.2, 0) is 6.42 Å². The van der Waals surface area contributed by atoms with Crippen LogP contribution in [0.1, 0.15) is 38.2 Å². The zero-order valence-electron chi connectivity index (χ0n) is 10.5. The SMILES string of the molecule is CC(C#N)(Cc1ccsc1)N1CCCCCC1. The van der Waals surface area contributed by atoms with Crippen LogP contribution in [0.5, 0.6) is 0 Å². The van der Waals surface area contributed by atoms with Gasteiger partial charge in [-0.25, -0.2) is 0 Å². The number of nitrogens with zero attached hydrogens (tertiary/aromatic N) is 2. The van der Waals surface area contributed by atoms with E-state index < -0.39 is 0 Å². The molecule has 0 N–H and O–H groups in total. The first-order valence-corrected chi connectivity index (χ1v) is 7.36. The van der Waals surface area contributed by atoms with Crippen molar-refractivity contribution in [1.29, 1.82) is 5.26 Å². The van der Waals surface area contributed by atoms with E-state index in [4.69, 9.17) is 0 Å². The van der Waals surface area contributed by atoms with Gasteiger partial charge in [-0.1, -0.05) is 12.8 Å². The molecule has 0 saturated carbocycles. The van der Waals surface area contributed by atoms with E-state index in [1.807, 2.05) is 0 Å². The van der Waals surface area contributed by atoms with E-state index in [0.29, 0.717) is 0 Å². The van der Waals surface area contributed by atoms with Gasteiger partial charge in [-0.15, -0.1) is 0 Å². The van der Waals surface area contributed by atoms with E-state index in [0.717, 1.165) is 19.5 Å². The van der Waals surface area contributed by atoms with Crippen molar-refractivity contribution in [3.05, 3.63) is 22.4 Å². The van der Waals surface area contributed by atoms with Crippen molar-refractivity contribution in [3.8, 4) is 6.07 Å². The molecule has 0 aromatic carbocycles. The van der Waals surface area contributed by atoms with Gasteiger partial charge in [0.1, 0.15) is 5.54 Å². The molecule has 1 aliphatic heterocycles. The molecule has 1 atom stereocenters. The number of hydrogen-bond donors (Lipinski definition) is 0. The molecule has 1 unspecified atom stereocenters. The van der Waals surface area contributed by atoms with Crippen molar-refractivity contribution >= 4 is 11.3 Å². The second-order valence-electron chi connectivity index (χ2n) is 5.10. The van der Waals surface area contributed by atoms with Crippen LogP contribution >= 0.6 is 11.3 Å². The highest BCUT2D eigenvalue weighted by molar-refractivity contribution is 7.07. The Morgan fingerprint density at radius 2 is 2.06 bits per heavy atom. The summed E-state index contributed by atoms with van der Waals surface area (Å²) in [7, 11) is 0. The summed E-state index contributed by atoms with van der Waals surface area (Å²) in [4.78, 5) is 2.39. The van der Waals surface area contributed by atoms with E-state index in [-0.39, 0.29) is 5.54 Å². The molecule has 0 aliphatic carbocycles. The van der Waals surface area contributed by atoms with Crippen LogP contribution in [0.3, 0.4) is 0 Å². The maximum absolute atomic E-state index is 9.54. The predicted molar refractivity (Wildman–Crippen MR) is 72.1 cm³/mol. The molecule has 1 saturated heterocycles. The minimum Gasteiger partial charge on any atom is -0.285 e. The van der Waals surface area contributed by atoms with Crippen LogP contribution in [0, 0.1) is 11.3 Å². The molecular formula is C14H20N2S. The van der Waals surface area contributed by atoms with Crippen molar-refractivity contribution in [1.82, 2.24) is 4.90 Å². The molecule has 92 valence electrons. The zero-order valence-corrected chi connectivity index (χ0v) is 11.3. The minimum atomic E-state index is -0.328. The highest BCUT2D eigenvalue weighted by atomic mass is 32.1. The molecule has 3 heteroatoms. The second kappa shape index (κ2) is 5.66. The van der Waals surface area contributed by atoms with Gasteiger partial charge in [0, 0.05) is 6.42 Å². The minimum absolute atomic E-state index is 0.328. The fourth-order valence-electron chi connectivity index (χ4n) is 2.58. The number of hydrogen-bond acceptors (Lipinski definition) is 3. The standard InChI is InChI=1S/C14H20N2S/c1-14(12-15,10-13-6-9-17-11-13)16-7-4-2-3-5-8-16/h6,9,11H,2-5,7-8,10H2,1H3. The molecule has 17 heavy (non-hydrogen) atoms.